The lowest BCUT2D eigenvalue weighted by Crippen LogP contribution is -2.40. The number of carboxylic acid groups (broad SMARTS) is 1. The Morgan fingerprint density at radius 3 is 2.06 bits per heavy atom. The number of carbonyl (C=O) groups is 3. The number of rotatable bonds is 8. The predicted molar refractivity (Wildman–Crippen MR) is 128 cm³/mol. The minimum absolute atomic E-state index is 0.00584. The van der Waals surface area contributed by atoms with Crippen LogP contribution in [0.3, 0.4) is 0 Å². The summed E-state index contributed by atoms with van der Waals surface area (Å²) < 4.78 is 5.53. The van der Waals surface area contributed by atoms with Gasteiger partial charge in [-0.15, -0.1) is 0 Å². The number of fused-ring (bicyclic) bond motifs is 3. The molecule has 174 valence electrons. The fourth-order valence-corrected chi connectivity index (χ4v) is 4.18. The zero-order valence-electron chi connectivity index (χ0n) is 18.8. The Hall–Kier alpha value is -4.13. The average Bonchev–Trinajstić information content (AvgIpc) is 3.18. The van der Waals surface area contributed by atoms with E-state index in [0.717, 1.165) is 16.7 Å². The molecular weight excluding hydrogens is 432 g/mol. The predicted octanol–water partition coefficient (Wildman–Crippen LogP) is 4.32. The van der Waals surface area contributed by atoms with Gasteiger partial charge in [-0.3, -0.25) is 4.79 Å². The number of aliphatic carboxylic acids is 1. The maximum Gasteiger partial charge on any atom is 0.407 e. The summed E-state index contributed by atoms with van der Waals surface area (Å²) in [6, 6.07) is 22.0. The third kappa shape index (κ3) is 4.93. The third-order valence-electron chi connectivity index (χ3n) is 6.01. The largest absolute Gasteiger partial charge is 0.480 e. The molecule has 0 saturated carbocycles. The quantitative estimate of drug-likeness (QED) is 0.466. The lowest BCUT2D eigenvalue weighted by Gasteiger charge is -2.15. The van der Waals surface area contributed by atoms with E-state index >= 15 is 0 Å². The van der Waals surface area contributed by atoms with Gasteiger partial charge in [0.05, 0.1) is 0 Å². The van der Waals surface area contributed by atoms with Crippen molar-refractivity contribution in [2.75, 3.05) is 6.61 Å². The third-order valence-corrected chi connectivity index (χ3v) is 6.01. The highest BCUT2D eigenvalue weighted by Crippen LogP contribution is 2.44. The van der Waals surface area contributed by atoms with E-state index in [0.29, 0.717) is 12.0 Å². The molecule has 0 spiro atoms. The van der Waals surface area contributed by atoms with Gasteiger partial charge in [-0.2, -0.15) is 0 Å². The molecule has 3 aromatic carbocycles. The monoisotopic (exact) mass is 458 g/mol. The molecule has 7 nitrogen and oxygen atoms in total. The summed E-state index contributed by atoms with van der Waals surface area (Å²) in [7, 11) is 0. The van der Waals surface area contributed by atoms with Gasteiger partial charge in [-0.1, -0.05) is 67.6 Å². The molecule has 0 unspecified atom stereocenters. The molecule has 1 aliphatic rings. The fraction of sp³-hybridized carbons (Fsp3) is 0.222. The van der Waals surface area contributed by atoms with Crippen LogP contribution in [0.25, 0.3) is 11.1 Å². The number of carbonyl (C=O) groups excluding carboxylic acids is 2. The van der Waals surface area contributed by atoms with Crippen LogP contribution in [0.5, 0.6) is 0 Å². The molecule has 1 aliphatic carbocycles. The molecule has 0 aromatic heterocycles. The second kappa shape index (κ2) is 10.2. The van der Waals surface area contributed by atoms with E-state index in [4.69, 9.17) is 9.84 Å². The number of nitrogens with one attached hydrogen (secondary N) is 2. The number of ether oxygens (including phenoxy) is 1. The van der Waals surface area contributed by atoms with Crippen LogP contribution < -0.4 is 10.6 Å². The van der Waals surface area contributed by atoms with Crippen molar-refractivity contribution in [3.63, 3.8) is 0 Å². The highest BCUT2D eigenvalue weighted by molar-refractivity contribution is 5.96. The first-order valence-corrected chi connectivity index (χ1v) is 11.2. The minimum Gasteiger partial charge on any atom is -0.480 e. The first kappa shape index (κ1) is 23.0. The van der Waals surface area contributed by atoms with Crippen molar-refractivity contribution in [3.8, 4) is 11.1 Å². The van der Waals surface area contributed by atoms with E-state index in [1.165, 1.54) is 11.1 Å². The van der Waals surface area contributed by atoms with E-state index in [-0.39, 0.29) is 19.1 Å². The van der Waals surface area contributed by atoms with Crippen LogP contribution in [0, 0.1) is 0 Å². The SMILES string of the molecule is CC[C@H](NC(=O)c1ccc(CNC(=O)OCC2c3ccccc3-c3ccccc32)cc1)C(=O)O. The van der Waals surface area contributed by atoms with Gasteiger partial charge in [0.25, 0.3) is 5.91 Å². The molecule has 0 fully saturated rings. The van der Waals surface area contributed by atoms with Crippen molar-refractivity contribution in [1.29, 1.82) is 0 Å². The second-order valence-electron chi connectivity index (χ2n) is 8.15. The van der Waals surface area contributed by atoms with E-state index in [2.05, 4.69) is 34.9 Å². The Labute approximate surface area is 197 Å². The van der Waals surface area contributed by atoms with Gasteiger partial charge in [0, 0.05) is 18.0 Å². The molecule has 2 amide bonds. The van der Waals surface area contributed by atoms with Gasteiger partial charge in [0.15, 0.2) is 0 Å². The molecule has 34 heavy (non-hydrogen) atoms. The van der Waals surface area contributed by atoms with Crippen molar-refractivity contribution in [3.05, 3.63) is 95.1 Å². The second-order valence-corrected chi connectivity index (χ2v) is 8.15. The van der Waals surface area contributed by atoms with Crippen LogP contribution >= 0.6 is 0 Å². The molecule has 0 radical (unpaired) electrons. The summed E-state index contributed by atoms with van der Waals surface area (Å²) in [5, 5.41) is 14.3. The van der Waals surface area contributed by atoms with Crippen LogP contribution in [0.15, 0.2) is 72.8 Å². The molecule has 0 aliphatic heterocycles. The fourth-order valence-electron chi connectivity index (χ4n) is 4.18. The Kier molecular flexibility index (Phi) is 6.92. The molecule has 0 heterocycles. The number of hydrogen-bond acceptors (Lipinski definition) is 4. The van der Waals surface area contributed by atoms with Crippen molar-refractivity contribution < 1.29 is 24.2 Å². The summed E-state index contributed by atoms with van der Waals surface area (Å²) in [4.78, 5) is 35.6. The molecular formula is C27H26N2O5. The lowest BCUT2D eigenvalue weighted by molar-refractivity contribution is -0.139. The number of amides is 2. The Morgan fingerprint density at radius 2 is 1.50 bits per heavy atom. The molecule has 1 atom stereocenters. The average molecular weight is 459 g/mol. The van der Waals surface area contributed by atoms with Gasteiger partial charge in [-0.05, 0) is 46.4 Å². The Balaban J connectivity index is 1.30. The number of alkyl carbamates (subject to hydrolysis) is 1. The van der Waals surface area contributed by atoms with Crippen LogP contribution in [0.2, 0.25) is 0 Å². The maximum absolute atomic E-state index is 12.3. The van der Waals surface area contributed by atoms with Gasteiger partial charge in [0.2, 0.25) is 0 Å². The van der Waals surface area contributed by atoms with Crippen molar-refractivity contribution in [1.82, 2.24) is 10.6 Å². The standard InChI is InChI=1S/C27H26N2O5/c1-2-24(26(31)32)29-25(30)18-13-11-17(12-14-18)15-28-27(33)34-16-23-21-9-5-3-7-19(21)20-8-4-6-10-22(20)23/h3-14,23-24H,2,15-16H2,1H3,(H,28,33)(H,29,30)(H,31,32)/t24-/m0/s1. The summed E-state index contributed by atoms with van der Waals surface area (Å²) in [6.45, 7) is 2.17. The van der Waals surface area contributed by atoms with Gasteiger partial charge >= 0.3 is 12.1 Å². The van der Waals surface area contributed by atoms with E-state index in [9.17, 15) is 14.4 Å². The first-order chi connectivity index (χ1) is 16.5. The molecule has 7 heteroatoms. The van der Waals surface area contributed by atoms with Crippen molar-refractivity contribution >= 4 is 18.0 Å². The minimum atomic E-state index is -1.07. The number of hydrogen-bond donors (Lipinski definition) is 3. The van der Waals surface area contributed by atoms with E-state index < -0.39 is 24.0 Å². The van der Waals surface area contributed by atoms with Gasteiger partial charge < -0.3 is 20.5 Å². The van der Waals surface area contributed by atoms with Gasteiger partial charge in [0.1, 0.15) is 12.6 Å². The zero-order valence-corrected chi connectivity index (χ0v) is 18.8. The summed E-state index contributed by atoms with van der Waals surface area (Å²) in [5.74, 6) is -1.53. The Morgan fingerprint density at radius 1 is 0.912 bits per heavy atom. The summed E-state index contributed by atoms with van der Waals surface area (Å²) >= 11 is 0. The van der Waals surface area contributed by atoms with Crippen LogP contribution in [-0.4, -0.2) is 35.7 Å². The molecule has 0 bridgehead atoms. The van der Waals surface area contributed by atoms with Crippen LogP contribution in [-0.2, 0) is 16.1 Å². The highest BCUT2D eigenvalue weighted by atomic mass is 16.5. The van der Waals surface area contributed by atoms with E-state index in [1.807, 2.05) is 24.3 Å². The maximum atomic E-state index is 12.3. The van der Waals surface area contributed by atoms with Crippen molar-refractivity contribution in [2.45, 2.75) is 31.8 Å². The smallest absolute Gasteiger partial charge is 0.407 e. The summed E-state index contributed by atoms with van der Waals surface area (Å²) in [6.07, 6.45) is -0.223. The normalized spacial score (nSPS) is 12.9. The first-order valence-electron chi connectivity index (χ1n) is 11.2. The summed E-state index contributed by atoms with van der Waals surface area (Å²) in [5.41, 5.74) is 5.78. The van der Waals surface area contributed by atoms with Crippen LogP contribution in [0.1, 0.15) is 46.3 Å². The molecule has 0 saturated heterocycles. The topological polar surface area (TPSA) is 105 Å². The highest BCUT2D eigenvalue weighted by Gasteiger charge is 2.29. The van der Waals surface area contributed by atoms with Gasteiger partial charge in [-0.25, -0.2) is 9.59 Å². The number of carboxylic acids is 1. The molecule has 4 rings (SSSR count). The Bertz CT molecular complexity index is 1160. The molecule has 3 aromatic rings. The van der Waals surface area contributed by atoms with Crippen molar-refractivity contribution in [2.24, 2.45) is 0 Å². The van der Waals surface area contributed by atoms with Crippen LogP contribution in [0.4, 0.5) is 4.79 Å². The van der Waals surface area contributed by atoms with E-state index in [1.54, 1.807) is 31.2 Å². The number of benzene rings is 3. The zero-order chi connectivity index (χ0) is 24.1. The molecule has 3 N–H and O–H groups in total. The lowest BCUT2D eigenvalue weighted by atomic mass is 9.98.